The van der Waals surface area contributed by atoms with E-state index in [1.807, 2.05) is 30.3 Å². The van der Waals surface area contributed by atoms with Crippen LogP contribution in [0, 0.1) is 0 Å². The van der Waals surface area contributed by atoms with Crippen molar-refractivity contribution >= 4 is 11.6 Å². The molecule has 0 saturated heterocycles. The molecule has 1 aromatic carbocycles. The van der Waals surface area contributed by atoms with Crippen LogP contribution in [0.2, 0.25) is 0 Å². The summed E-state index contributed by atoms with van der Waals surface area (Å²) < 4.78 is 7.04. The maximum Gasteiger partial charge on any atom is 0.342 e. The fourth-order valence-electron chi connectivity index (χ4n) is 1.57. The molecule has 20 heavy (non-hydrogen) atoms. The van der Waals surface area contributed by atoms with Gasteiger partial charge in [0.05, 0.1) is 17.3 Å². The number of rotatable bonds is 4. The monoisotopic (exact) mass is 287 g/mol. The summed E-state index contributed by atoms with van der Waals surface area (Å²) in [5, 5.41) is 12.0. The van der Waals surface area contributed by atoms with Crippen molar-refractivity contribution < 1.29 is 4.74 Å². The molecule has 0 bridgehead atoms. The maximum absolute atomic E-state index is 5.64. The maximum atomic E-state index is 5.64. The van der Waals surface area contributed by atoms with Crippen molar-refractivity contribution in [3.05, 3.63) is 54.5 Å². The summed E-state index contributed by atoms with van der Waals surface area (Å²) in [5.74, 6) is 0.637. The van der Waals surface area contributed by atoms with E-state index in [0.29, 0.717) is 17.5 Å². The summed E-state index contributed by atoms with van der Waals surface area (Å²) in [6, 6.07) is 13.3. The molecule has 0 amide bonds. The number of alkyl halides is 1. The van der Waals surface area contributed by atoms with Crippen LogP contribution in [-0.4, -0.2) is 25.0 Å². The molecule has 0 aliphatic rings. The zero-order valence-corrected chi connectivity index (χ0v) is 11.1. The Morgan fingerprint density at radius 1 is 1.05 bits per heavy atom. The van der Waals surface area contributed by atoms with E-state index in [-0.39, 0.29) is 6.01 Å². The van der Waals surface area contributed by atoms with Crippen molar-refractivity contribution in [3.63, 3.8) is 0 Å². The van der Waals surface area contributed by atoms with Crippen LogP contribution in [-0.2, 0) is 5.88 Å². The molecule has 3 rings (SSSR count). The highest BCUT2D eigenvalue weighted by Crippen LogP contribution is 2.15. The van der Waals surface area contributed by atoms with Gasteiger partial charge in [-0.25, -0.2) is 4.68 Å². The topological polar surface area (TPSA) is 65.7 Å². The van der Waals surface area contributed by atoms with Gasteiger partial charge in [0.1, 0.15) is 6.33 Å². The minimum absolute atomic E-state index is 0.210. The van der Waals surface area contributed by atoms with E-state index in [9.17, 15) is 0 Å². The van der Waals surface area contributed by atoms with E-state index in [2.05, 4.69) is 20.3 Å². The second-order valence-electron chi connectivity index (χ2n) is 3.91. The molecule has 100 valence electrons. The molecular formula is C13H10ClN5O. The molecule has 0 N–H and O–H groups in total. The lowest BCUT2D eigenvalue weighted by atomic mass is 10.3. The molecular weight excluding hydrogens is 278 g/mol. The average molecular weight is 288 g/mol. The van der Waals surface area contributed by atoms with E-state index in [1.165, 1.54) is 0 Å². The molecule has 0 aliphatic heterocycles. The molecule has 0 fully saturated rings. The molecule has 2 aromatic heterocycles. The molecule has 0 saturated carbocycles. The molecule has 6 nitrogen and oxygen atoms in total. The van der Waals surface area contributed by atoms with Gasteiger partial charge in [0, 0.05) is 6.07 Å². The number of halogens is 1. The average Bonchev–Trinajstić information content (AvgIpc) is 2.97. The van der Waals surface area contributed by atoms with Gasteiger partial charge < -0.3 is 4.74 Å². The van der Waals surface area contributed by atoms with Crippen LogP contribution in [0.4, 0.5) is 0 Å². The molecule has 3 aromatic rings. The first-order valence-corrected chi connectivity index (χ1v) is 6.42. The predicted octanol–water partition coefficient (Wildman–Crippen LogP) is 2.59. The number of nitrogens with zero attached hydrogens (tertiary/aromatic N) is 5. The Hall–Kier alpha value is -2.47. The normalized spacial score (nSPS) is 10.4. The molecule has 7 heteroatoms. The van der Waals surface area contributed by atoms with Crippen molar-refractivity contribution in [1.82, 2.24) is 25.0 Å². The van der Waals surface area contributed by atoms with Crippen LogP contribution >= 0.6 is 11.6 Å². The van der Waals surface area contributed by atoms with E-state index in [0.717, 1.165) is 5.69 Å². The SMILES string of the molecule is ClCc1ccc(Oc2ncn(-c3ccccc3)n2)nn1. The Balaban J connectivity index is 1.77. The third-order valence-corrected chi connectivity index (χ3v) is 2.79. The van der Waals surface area contributed by atoms with Crippen LogP contribution < -0.4 is 4.74 Å². The highest BCUT2D eigenvalue weighted by atomic mass is 35.5. The van der Waals surface area contributed by atoms with Crippen molar-refractivity contribution in [1.29, 1.82) is 0 Å². The zero-order valence-electron chi connectivity index (χ0n) is 10.3. The lowest BCUT2D eigenvalue weighted by Crippen LogP contribution is -1.96. The van der Waals surface area contributed by atoms with Crippen LogP contribution in [0.5, 0.6) is 11.9 Å². The summed E-state index contributed by atoms with van der Waals surface area (Å²) in [7, 11) is 0. The van der Waals surface area contributed by atoms with Gasteiger partial charge in [-0.2, -0.15) is 10.1 Å². The first-order valence-electron chi connectivity index (χ1n) is 5.88. The zero-order chi connectivity index (χ0) is 13.8. The summed E-state index contributed by atoms with van der Waals surface area (Å²) >= 11 is 5.64. The smallest absolute Gasteiger partial charge is 0.342 e. The van der Waals surface area contributed by atoms with Gasteiger partial charge in [-0.05, 0) is 18.2 Å². The number of aromatic nitrogens is 5. The van der Waals surface area contributed by atoms with Crippen LogP contribution in [0.25, 0.3) is 5.69 Å². The molecule has 0 aliphatic carbocycles. The Labute approximate surface area is 120 Å². The predicted molar refractivity (Wildman–Crippen MR) is 73.0 cm³/mol. The molecule has 0 unspecified atom stereocenters. The van der Waals surface area contributed by atoms with E-state index >= 15 is 0 Å². The van der Waals surface area contributed by atoms with Gasteiger partial charge in [-0.15, -0.1) is 21.8 Å². The second kappa shape index (κ2) is 5.66. The number of ether oxygens (including phenoxy) is 1. The largest absolute Gasteiger partial charge is 0.402 e. The summed E-state index contributed by atoms with van der Waals surface area (Å²) in [5.41, 5.74) is 1.58. The van der Waals surface area contributed by atoms with Crippen LogP contribution in [0.3, 0.4) is 0 Å². The van der Waals surface area contributed by atoms with Crippen molar-refractivity contribution in [2.75, 3.05) is 0 Å². The highest BCUT2D eigenvalue weighted by Gasteiger charge is 2.06. The third kappa shape index (κ3) is 2.75. The van der Waals surface area contributed by atoms with Gasteiger partial charge in [-0.1, -0.05) is 18.2 Å². The Kier molecular flexibility index (Phi) is 3.56. The van der Waals surface area contributed by atoms with Crippen LogP contribution in [0.15, 0.2) is 48.8 Å². The molecule has 0 spiro atoms. The number of hydrogen-bond donors (Lipinski definition) is 0. The summed E-state index contributed by atoms with van der Waals surface area (Å²) in [6.45, 7) is 0. The van der Waals surface area contributed by atoms with Gasteiger partial charge >= 0.3 is 6.01 Å². The van der Waals surface area contributed by atoms with Gasteiger partial charge in [0.15, 0.2) is 0 Å². The number of benzene rings is 1. The summed E-state index contributed by atoms with van der Waals surface area (Å²) in [6.07, 6.45) is 1.57. The number of hydrogen-bond acceptors (Lipinski definition) is 5. The first kappa shape index (κ1) is 12.6. The fraction of sp³-hybridized carbons (Fsp3) is 0.0769. The molecule has 0 radical (unpaired) electrons. The number of para-hydroxylation sites is 1. The first-order chi connectivity index (χ1) is 9.85. The van der Waals surface area contributed by atoms with Gasteiger partial charge in [-0.3, -0.25) is 0 Å². The van der Waals surface area contributed by atoms with E-state index in [4.69, 9.17) is 16.3 Å². The molecule has 0 atom stereocenters. The molecule has 2 heterocycles. The van der Waals surface area contributed by atoms with Crippen molar-refractivity contribution in [2.24, 2.45) is 0 Å². The second-order valence-corrected chi connectivity index (χ2v) is 4.17. The van der Waals surface area contributed by atoms with Crippen molar-refractivity contribution in [3.8, 4) is 17.6 Å². The third-order valence-electron chi connectivity index (χ3n) is 2.52. The Morgan fingerprint density at radius 2 is 1.90 bits per heavy atom. The fourth-order valence-corrected chi connectivity index (χ4v) is 1.71. The Morgan fingerprint density at radius 3 is 2.60 bits per heavy atom. The van der Waals surface area contributed by atoms with E-state index < -0.39 is 0 Å². The van der Waals surface area contributed by atoms with Gasteiger partial charge in [0.25, 0.3) is 0 Å². The van der Waals surface area contributed by atoms with Crippen LogP contribution in [0.1, 0.15) is 5.69 Å². The minimum atomic E-state index is 0.210. The quantitative estimate of drug-likeness (QED) is 0.690. The van der Waals surface area contributed by atoms with Crippen molar-refractivity contribution in [2.45, 2.75) is 5.88 Å². The highest BCUT2D eigenvalue weighted by molar-refractivity contribution is 6.16. The lowest BCUT2D eigenvalue weighted by Gasteiger charge is -2.00. The minimum Gasteiger partial charge on any atom is -0.402 e. The van der Waals surface area contributed by atoms with Gasteiger partial charge in [0.2, 0.25) is 5.88 Å². The lowest BCUT2D eigenvalue weighted by molar-refractivity contribution is 0.418. The standard InChI is InChI=1S/C13H10ClN5O/c14-8-10-6-7-12(17-16-10)20-13-15-9-19(18-13)11-4-2-1-3-5-11/h1-7,9H,8H2. The Bertz CT molecular complexity index is 683. The summed E-state index contributed by atoms with van der Waals surface area (Å²) in [4.78, 5) is 4.07. The van der Waals surface area contributed by atoms with E-state index in [1.54, 1.807) is 23.1 Å².